The maximum Gasteiger partial charge on any atom is 0.308 e. The van der Waals surface area contributed by atoms with Crippen LogP contribution in [0.2, 0.25) is 0 Å². The number of carbonyl (C=O) groups excluding carboxylic acids is 2. The highest BCUT2D eigenvalue weighted by Gasteiger charge is 2.20. The van der Waals surface area contributed by atoms with E-state index < -0.39 is 5.97 Å². The van der Waals surface area contributed by atoms with Crippen molar-refractivity contribution in [2.45, 2.75) is 13.8 Å². The lowest BCUT2D eigenvalue weighted by Gasteiger charge is -2.08. The van der Waals surface area contributed by atoms with Crippen LogP contribution in [0.15, 0.2) is 39.7 Å². The zero-order chi connectivity index (χ0) is 15.1. The summed E-state index contributed by atoms with van der Waals surface area (Å²) in [7, 11) is 0. The van der Waals surface area contributed by atoms with Crippen LogP contribution in [0.25, 0.3) is 22.0 Å². The van der Waals surface area contributed by atoms with Crippen molar-refractivity contribution in [3.8, 4) is 5.75 Å². The number of fused-ring (bicyclic) bond motifs is 2. The van der Waals surface area contributed by atoms with Crippen molar-refractivity contribution in [2.75, 3.05) is 0 Å². The number of furan rings is 1. The lowest BCUT2D eigenvalue weighted by molar-refractivity contribution is -0.131. The van der Waals surface area contributed by atoms with Gasteiger partial charge in [-0.15, -0.1) is 0 Å². The number of carbonyl (C=O) groups is 2. The number of hydrogen-bond acceptors (Lipinski definition) is 5. The van der Waals surface area contributed by atoms with E-state index in [-0.39, 0.29) is 28.2 Å². The zero-order valence-corrected chi connectivity index (χ0v) is 11.4. The van der Waals surface area contributed by atoms with E-state index in [1.54, 1.807) is 24.3 Å². The average molecular weight is 285 g/mol. The molecule has 0 N–H and O–H groups in total. The van der Waals surface area contributed by atoms with E-state index in [4.69, 9.17) is 9.15 Å². The molecule has 0 bridgehead atoms. The first kappa shape index (κ1) is 13.1. The fourth-order valence-electron chi connectivity index (χ4n) is 2.35. The molecular weight excluding hydrogens is 274 g/mol. The lowest BCUT2D eigenvalue weighted by Crippen LogP contribution is -2.15. The summed E-state index contributed by atoms with van der Waals surface area (Å²) in [5.74, 6) is -0.859. The smallest absolute Gasteiger partial charge is 0.308 e. The first-order chi connectivity index (χ1) is 10.0. The molecule has 0 saturated heterocycles. The number of benzene rings is 1. The van der Waals surface area contributed by atoms with Gasteiger partial charge in [0.05, 0.1) is 5.52 Å². The Balaban J connectivity index is 2.54. The Kier molecular flexibility index (Phi) is 2.86. The summed E-state index contributed by atoms with van der Waals surface area (Å²) >= 11 is 0. The molecule has 0 radical (unpaired) electrons. The van der Waals surface area contributed by atoms with E-state index in [1.807, 2.05) is 0 Å². The fraction of sp³-hybridized carbons (Fsp3) is 0.133. The molecular formula is C15H11NO5. The topological polar surface area (TPSA) is 78.5 Å². The molecule has 3 aromatic rings. The quantitative estimate of drug-likeness (QED) is 0.641. The van der Waals surface area contributed by atoms with Gasteiger partial charge in [0.25, 0.3) is 0 Å². The average Bonchev–Trinajstić information content (AvgIpc) is 2.82. The predicted molar refractivity (Wildman–Crippen MR) is 75.6 cm³/mol. The molecule has 0 aliphatic carbocycles. The Labute approximate surface area is 118 Å². The van der Waals surface area contributed by atoms with Crippen molar-refractivity contribution in [3.63, 3.8) is 0 Å². The number of esters is 1. The Morgan fingerprint density at radius 3 is 2.57 bits per heavy atom. The number of para-hydroxylation sites is 1. The monoisotopic (exact) mass is 285 g/mol. The fourth-order valence-corrected chi connectivity index (χ4v) is 2.35. The highest BCUT2D eigenvalue weighted by atomic mass is 16.5. The molecule has 3 rings (SSSR count). The molecule has 21 heavy (non-hydrogen) atoms. The molecule has 0 amide bonds. The van der Waals surface area contributed by atoms with Crippen LogP contribution in [0.1, 0.15) is 18.6 Å². The summed E-state index contributed by atoms with van der Waals surface area (Å²) in [5, 5.41) is 0.439. The van der Waals surface area contributed by atoms with Gasteiger partial charge in [-0.3, -0.25) is 14.4 Å². The van der Waals surface area contributed by atoms with Crippen molar-refractivity contribution < 1.29 is 18.7 Å². The molecule has 0 unspecified atom stereocenters. The van der Waals surface area contributed by atoms with Gasteiger partial charge < -0.3 is 9.15 Å². The minimum absolute atomic E-state index is 0.0169. The Morgan fingerprint density at radius 2 is 1.90 bits per heavy atom. The van der Waals surface area contributed by atoms with Gasteiger partial charge in [0, 0.05) is 19.2 Å². The van der Waals surface area contributed by atoms with E-state index in [1.165, 1.54) is 18.4 Å². The SMILES string of the molecule is CC(=O)Oc1coc2c1c(=O)c1ccccc1n2C(C)=O. The van der Waals surface area contributed by atoms with Gasteiger partial charge in [-0.2, -0.15) is 0 Å². The Bertz CT molecular complexity index is 948. The molecule has 0 spiro atoms. The number of ether oxygens (including phenoxy) is 1. The van der Waals surface area contributed by atoms with Crippen LogP contribution in [0.5, 0.6) is 5.75 Å². The summed E-state index contributed by atoms with van der Waals surface area (Å²) in [5.41, 5.74) is 0.178. The third-order valence-corrected chi connectivity index (χ3v) is 3.13. The molecule has 0 saturated carbocycles. The summed E-state index contributed by atoms with van der Waals surface area (Å²) in [6.07, 6.45) is 1.16. The minimum Gasteiger partial charge on any atom is -0.443 e. The van der Waals surface area contributed by atoms with E-state index >= 15 is 0 Å². The first-order valence-electron chi connectivity index (χ1n) is 6.25. The molecule has 2 aromatic heterocycles. The Hall–Kier alpha value is -2.89. The van der Waals surface area contributed by atoms with Crippen LogP contribution in [0, 0.1) is 0 Å². The van der Waals surface area contributed by atoms with Crippen molar-refractivity contribution in [2.24, 2.45) is 0 Å². The van der Waals surface area contributed by atoms with Gasteiger partial charge in [0.2, 0.25) is 17.0 Å². The van der Waals surface area contributed by atoms with Gasteiger partial charge in [0.1, 0.15) is 11.6 Å². The third kappa shape index (κ3) is 1.92. The third-order valence-electron chi connectivity index (χ3n) is 3.13. The molecule has 106 valence electrons. The summed E-state index contributed by atoms with van der Waals surface area (Å²) in [6, 6.07) is 6.70. The molecule has 0 aliphatic rings. The normalized spacial score (nSPS) is 11.0. The van der Waals surface area contributed by atoms with Crippen molar-refractivity contribution >= 4 is 33.9 Å². The molecule has 6 nitrogen and oxygen atoms in total. The minimum atomic E-state index is -0.570. The van der Waals surface area contributed by atoms with Crippen LogP contribution in [-0.4, -0.2) is 16.4 Å². The second-order valence-electron chi connectivity index (χ2n) is 4.57. The Morgan fingerprint density at radius 1 is 1.19 bits per heavy atom. The maximum absolute atomic E-state index is 12.6. The van der Waals surface area contributed by atoms with Crippen LogP contribution in [0.3, 0.4) is 0 Å². The van der Waals surface area contributed by atoms with E-state index in [0.29, 0.717) is 10.9 Å². The van der Waals surface area contributed by atoms with Crippen LogP contribution < -0.4 is 10.2 Å². The summed E-state index contributed by atoms with van der Waals surface area (Å²) < 4.78 is 11.6. The largest absolute Gasteiger partial charge is 0.443 e. The van der Waals surface area contributed by atoms with Crippen molar-refractivity contribution in [1.29, 1.82) is 0 Å². The van der Waals surface area contributed by atoms with E-state index in [0.717, 1.165) is 6.26 Å². The number of nitrogens with zero attached hydrogens (tertiary/aromatic N) is 1. The number of rotatable bonds is 1. The highest BCUT2D eigenvalue weighted by Crippen LogP contribution is 2.28. The van der Waals surface area contributed by atoms with Crippen LogP contribution >= 0.6 is 0 Å². The number of pyridine rings is 1. The van der Waals surface area contributed by atoms with Gasteiger partial charge in [-0.05, 0) is 12.1 Å². The number of aromatic nitrogens is 1. The predicted octanol–water partition coefficient (Wildman–Crippen LogP) is 2.33. The zero-order valence-electron chi connectivity index (χ0n) is 11.4. The van der Waals surface area contributed by atoms with Gasteiger partial charge in [-0.1, -0.05) is 12.1 Å². The second kappa shape index (κ2) is 4.59. The van der Waals surface area contributed by atoms with Gasteiger partial charge in [0.15, 0.2) is 5.75 Å². The standard InChI is InChI=1S/C15H11NO5/c1-8(17)16-11-6-4-3-5-10(11)14(19)13-12(21-9(2)18)7-20-15(13)16/h3-7H,1-2H3. The van der Waals surface area contributed by atoms with E-state index in [2.05, 4.69) is 0 Å². The van der Waals surface area contributed by atoms with Gasteiger partial charge in [-0.25, -0.2) is 4.57 Å². The highest BCUT2D eigenvalue weighted by molar-refractivity contribution is 6.02. The van der Waals surface area contributed by atoms with Crippen molar-refractivity contribution in [3.05, 3.63) is 40.8 Å². The molecule has 2 heterocycles. The summed E-state index contributed by atoms with van der Waals surface area (Å²) in [6.45, 7) is 2.59. The van der Waals surface area contributed by atoms with Crippen molar-refractivity contribution in [1.82, 2.24) is 4.57 Å². The lowest BCUT2D eigenvalue weighted by atomic mass is 10.1. The van der Waals surface area contributed by atoms with Crippen LogP contribution in [0.4, 0.5) is 0 Å². The first-order valence-corrected chi connectivity index (χ1v) is 6.25. The van der Waals surface area contributed by atoms with Gasteiger partial charge >= 0.3 is 5.97 Å². The second-order valence-corrected chi connectivity index (χ2v) is 4.57. The van der Waals surface area contributed by atoms with E-state index in [9.17, 15) is 14.4 Å². The maximum atomic E-state index is 12.6. The molecule has 0 aliphatic heterocycles. The molecule has 1 aromatic carbocycles. The molecule has 0 atom stereocenters. The molecule has 6 heteroatoms. The summed E-state index contributed by atoms with van der Waals surface area (Å²) in [4.78, 5) is 35.6. The number of hydrogen-bond donors (Lipinski definition) is 0. The van der Waals surface area contributed by atoms with Crippen LogP contribution in [-0.2, 0) is 4.79 Å². The molecule has 0 fully saturated rings.